The third kappa shape index (κ3) is 3.29. The van der Waals surface area contributed by atoms with Gasteiger partial charge in [-0.15, -0.1) is 0 Å². The van der Waals surface area contributed by atoms with E-state index in [1.54, 1.807) is 0 Å². The Morgan fingerprint density at radius 3 is 2.63 bits per heavy atom. The Morgan fingerprint density at radius 1 is 1.26 bits per heavy atom. The fourth-order valence-electron chi connectivity index (χ4n) is 2.41. The summed E-state index contributed by atoms with van der Waals surface area (Å²) in [4.78, 5) is 12.0. The van der Waals surface area contributed by atoms with Crippen LogP contribution in [-0.4, -0.2) is 24.0 Å². The molecular weight excluding hydrogens is 250 g/mol. The van der Waals surface area contributed by atoms with Crippen molar-refractivity contribution in [2.75, 3.05) is 0 Å². The molecule has 1 aliphatic rings. The molecule has 0 bridgehead atoms. The van der Waals surface area contributed by atoms with E-state index in [2.05, 4.69) is 17.6 Å². The van der Waals surface area contributed by atoms with Gasteiger partial charge in [0.05, 0.1) is 0 Å². The van der Waals surface area contributed by atoms with E-state index in [-0.39, 0.29) is 23.6 Å². The molecule has 1 saturated heterocycles. The molecular formula is C14H18F2N2O. The number of carbonyl (C=O) groups excluding carboxylic acids is 1. The molecule has 1 heterocycles. The maximum absolute atomic E-state index is 13.1. The summed E-state index contributed by atoms with van der Waals surface area (Å²) in [5, 5.41) is 6.22. The lowest BCUT2D eigenvalue weighted by Crippen LogP contribution is -2.54. The van der Waals surface area contributed by atoms with Crippen LogP contribution in [0.4, 0.5) is 8.78 Å². The summed E-state index contributed by atoms with van der Waals surface area (Å²) in [5.74, 6) is -2.32. The largest absolute Gasteiger partial charge is 0.348 e. The minimum absolute atomic E-state index is 0.0109. The fraction of sp³-hybridized carbons (Fsp3) is 0.500. The Hall–Kier alpha value is -1.49. The molecule has 3 unspecified atom stereocenters. The van der Waals surface area contributed by atoms with Crippen LogP contribution >= 0.6 is 0 Å². The highest BCUT2D eigenvalue weighted by molar-refractivity contribution is 5.94. The van der Waals surface area contributed by atoms with Crippen LogP contribution in [-0.2, 0) is 0 Å². The molecule has 3 nitrogen and oxygen atoms in total. The quantitative estimate of drug-likeness (QED) is 0.863. The number of amides is 1. The Bertz CT molecular complexity index is 479. The molecule has 1 aromatic rings. The van der Waals surface area contributed by atoms with Gasteiger partial charge in [0.25, 0.3) is 5.91 Å². The van der Waals surface area contributed by atoms with Crippen LogP contribution in [0.2, 0.25) is 0 Å². The number of benzene rings is 1. The minimum Gasteiger partial charge on any atom is -0.348 e. The van der Waals surface area contributed by atoms with Gasteiger partial charge in [-0.25, -0.2) is 8.78 Å². The van der Waals surface area contributed by atoms with Gasteiger partial charge in [0.15, 0.2) is 11.6 Å². The molecule has 104 valence electrons. The second-order valence-electron chi connectivity index (χ2n) is 5.14. The summed E-state index contributed by atoms with van der Waals surface area (Å²) in [6, 6.07) is 3.79. The Labute approximate surface area is 111 Å². The molecule has 1 amide bonds. The Morgan fingerprint density at radius 2 is 2.00 bits per heavy atom. The van der Waals surface area contributed by atoms with E-state index in [1.165, 1.54) is 6.07 Å². The molecule has 5 heteroatoms. The maximum atomic E-state index is 13.1. The Kier molecular flexibility index (Phi) is 4.14. The van der Waals surface area contributed by atoms with Crippen LogP contribution < -0.4 is 10.6 Å². The van der Waals surface area contributed by atoms with Gasteiger partial charge in [-0.3, -0.25) is 4.79 Å². The smallest absolute Gasteiger partial charge is 0.251 e. The summed E-state index contributed by atoms with van der Waals surface area (Å²) < 4.78 is 25.9. The van der Waals surface area contributed by atoms with Crippen molar-refractivity contribution in [2.45, 2.75) is 44.8 Å². The molecule has 0 aliphatic carbocycles. The van der Waals surface area contributed by atoms with Crippen LogP contribution in [0, 0.1) is 11.6 Å². The number of carbonyl (C=O) groups is 1. The van der Waals surface area contributed by atoms with Gasteiger partial charge in [-0.1, -0.05) is 0 Å². The third-order valence-electron chi connectivity index (χ3n) is 3.56. The summed E-state index contributed by atoms with van der Waals surface area (Å²) in [6.45, 7) is 4.11. The lowest BCUT2D eigenvalue weighted by molar-refractivity contribution is 0.0914. The molecule has 0 radical (unpaired) electrons. The van der Waals surface area contributed by atoms with Gasteiger partial charge < -0.3 is 10.6 Å². The molecule has 0 aromatic heterocycles. The highest BCUT2D eigenvalue weighted by atomic mass is 19.2. The molecule has 1 aliphatic heterocycles. The van der Waals surface area contributed by atoms with Gasteiger partial charge >= 0.3 is 0 Å². The average molecular weight is 268 g/mol. The predicted octanol–water partition coefficient (Wildman–Crippen LogP) is 2.22. The van der Waals surface area contributed by atoms with Crippen molar-refractivity contribution < 1.29 is 13.6 Å². The van der Waals surface area contributed by atoms with Gasteiger partial charge in [0.1, 0.15) is 0 Å². The van der Waals surface area contributed by atoms with Crippen LogP contribution in [0.3, 0.4) is 0 Å². The number of hydrogen-bond acceptors (Lipinski definition) is 2. The maximum Gasteiger partial charge on any atom is 0.251 e. The van der Waals surface area contributed by atoms with E-state index in [0.29, 0.717) is 6.04 Å². The minimum atomic E-state index is -1.00. The molecule has 0 saturated carbocycles. The predicted molar refractivity (Wildman–Crippen MR) is 68.9 cm³/mol. The van der Waals surface area contributed by atoms with Gasteiger partial charge in [-0.2, -0.15) is 0 Å². The monoisotopic (exact) mass is 268 g/mol. The average Bonchev–Trinajstić information content (AvgIpc) is 2.36. The SMILES string of the molecule is CC1CCC(NC(=O)c2ccc(F)c(F)c2)C(C)N1. The van der Waals surface area contributed by atoms with Crippen molar-refractivity contribution >= 4 is 5.91 Å². The topological polar surface area (TPSA) is 41.1 Å². The first kappa shape index (κ1) is 13.9. The van der Waals surface area contributed by atoms with Crippen molar-refractivity contribution in [1.82, 2.24) is 10.6 Å². The normalized spacial score (nSPS) is 27.1. The van der Waals surface area contributed by atoms with E-state index in [0.717, 1.165) is 25.0 Å². The molecule has 3 atom stereocenters. The lowest BCUT2D eigenvalue weighted by atomic mass is 9.95. The van der Waals surface area contributed by atoms with E-state index in [4.69, 9.17) is 0 Å². The van der Waals surface area contributed by atoms with Crippen LogP contribution in [0.25, 0.3) is 0 Å². The zero-order valence-electron chi connectivity index (χ0n) is 11.0. The number of nitrogens with one attached hydrogen (secondary N) is 2. The van der Waals surface area contributed by atoms with Crippen molar-refractivity contribution in [3.63, 3.8) is 0 Å². The van der Waals surface area contributed by atoms with Gasteiger partial charge in [0, 0.05) is 23.7 Å². The zero-order chi connectivity index (χ0) is 14.0. The summed E-state index contributed by atoms with van der Waals surface area (Å²) >= 11 is 0. The summed E-state index contributed by atoms with van der Waals surface area (Å²) in [5.41, 5.74) is 0.143. The molecule has 2 rings (SSSR count). The molecule has 2 N–H and O–H groups in total. The third-order valence-corrected chi connectivity index (χ3v) is 3.56. The number of rotatable bonds is 2. The van der Waals surface area contributed by atoms with Crippen LogP contribution in [0.5, 0.6) is 0 Å². The first-order valence-corrected chi connectivity index (χ1v) is 6.49. The molecule has 0 spiro atoms. The Balaban J connectivity index is 2.02. The van der Waals surface area contributed by atoms with E-state index < -0.39 is 11.6 Å². The second kappa shape index (κ2) is 5.65. The fourth-order valence-corrected chi connectivity index (χ4v) is 2.41. The summed E-state index contributed by atoms with van der Waals surface area (Å²) in [6.07, 6.45) is 1.86. The van der Waals surface area contributed by atoms with E-state index in [9.17, 15) is 13.6 Å². The zero-order valence-corrected chi connectivity index (χ0v) is 11.0. The molecule has 1 fully saturated rings. The highest BCUT2D eigenvalue weighted by Gasteiger charge is 2.26. The van der Waals surface area contributed by atoms with Crippen molar-refractivity contribution in [3.8, 4) is 0 Å². The van der Waals surface area contributed by atoms with Crippen LogP contribution in [0.15, 0.2) is 18.2 Å². The van der Waals surface area contributed by atoms with E-state index in [1.807, 2.05) is 6.92 Å². The van der Waals surface area contributed by atoms with Gasteiger partial charge in [-0.05, 0) is 44.9 Å². The number of hydrogen-bond donors (Lipinski definition) is 2. The summed E-state index contributed by atoms with van der Waals surface area (Å²) in [7, 11) is 0. The number of halogens is 2. The first-order valence-electron chi connectivity index (χ1n) is 6.49. The van der Waals surface area contributed by atoms with Crippen LogP contribution in [0.1, 0.15) is 37.0 Å². The van der Waals surface area contributed by atoms with Crippen molar-refractivity contribution in [1.29, 1.82) is 0 Å². The van der Waals surface area contributed by atoms with E-state index >= 15 is 0 Å². The second-order valence-corrected chi connectivity index (χ2v) is 5.14. The molecule has 19 heavy (non-hydrogen) atoms. The number of piperidine rings is 1. The van der Waals surface area contributed by atoms with Crippen molar-refractivity contribution in [2.24, 2.45) is 0 Å². The van der Waals surface area contributed by atoms with Gasteiger partial charge in [0.2, 0.25) is 0 Å². The first-order chi connectivity index (χ1) is 8.97. The highest BCUT2D eigenvalue weighted by Crippen LogP contribution is 2.14. The standard InChI is InChI=1S/C14H18F2N2O/c1-8-3-6-13(9(2)17-8)18-14(19)10-4-5-11(15)12(16)7-10/h4-5,7-9,13,17H,3,6H2,1-2H3,(H,18,19). The molecule has 1 aromatic carbocycles. The lowest BCUT2D eigenvalue weighted by Gasteiger charge is -2.34. The van der Waals surface area contributed by atoms with Crippen molar-refractivity contribution in [3.05, 3.63) is 35.4 Å².